The van der Waals surface area contributed by atoms with E-state index in [1.54, 1.807) is 0 Å². The van der Waals surface area contributed by atoms with E-state index in [0.717, 1.165) is 0 Å². The molecule has 0 bridgehead atoms. The van der Waals surface area contributed by atoms with Gasteiger partial charge in [0.1, 0.15) is 11.2 Å². The van der Waals surface area contributed by atoms with Gasteiger partial charge in [0.05, 0.1) is 18.7 Å². The first kappa shape index (κ1) is 8.49. The molecule has 14 heavy (non-hydrogen) atoms. The van der Waals surface area contributed by atoms with Crippen LogP contribution in [0.1, 0.15) is 10.4 Å². The summed E-state index contributed by atoms with van der Waals surface area (Å²) in [6.07, 6.45) is 2.66. The van der Waals surface area contributed by atoms with Crippen LogP contribution in [-0.4, -0.2) is 28.3 Å². The van der Waals surface area contributed by atoms with Gasteiger partial charge >= 0.3 is 5.97 Å². The number of aromatic amines is 2. The molecule has 2 N–H and O–H groups in total. The minimum absolute atomic E-state index is 0.0265. The molecule has 0 aromatic carbocycles. The van der Waals surface area contributed by atoms with Gasteiger partial charge in [0.15, 0.2) is 0 Å². The maximum absolute atomic E-state index is 11.6. The number of hydrogen-bond donors (Lipinski definition) is 2. The predicted octanol–water partition coefficient (Wildman–Crippen LogP) is 0.0378. The number of ether oxygens (including phenoxy) is 1. The third kappa shape index (κ3) is 1.08. The van der Waals surface area contributed by atoms with Crippen LogP contribution in [0.4, 0.5) is 0 Å². The molecule has 0 saturated heterocycles. The van der Waals surface area contributed by atoms with Crippen LogP contribution in [0, 0.1) is 0 Å². The van der Waals surface area contributed by atoms with Crippen LogP contribution >= 0.6 is 0 Å². The van der Waals surface area contributed by atoms with E-state index in [0.29, 0.717) is 11.0 Å². The van der Waals surface area contributed by atoms with Crippen molar-refractivity contribution in [3.05, 3.63) is 28.2 Å². The number of aromatic nitrogens is 3. The van der Waals surface area contributed by atoms with Crippen LogP contribution in [0.15, 0.2) is 17.2 Å². The topological polar surface area (TPSA) is 87.8 Å². The number of H-pyrrole nitrogens is 2. The van der Waals surface area contributed by atoms with Crippen molar-refractivity contribution in [1.82, 2.24) is 15.2 Å². The van der Waals surface area contributed by atoms with Gasteiger partial charge in [-0.3, -0.25) is 9.89 Å². The molecule has 0 aliphatic carbocycles. The molecule has 0 radical (unpaired) electrons. The second kappa shape index (κ2) is 2.99. The van der Waals surface area contributed by atoms with Gasteiger partial charge in [0, 0.05) is 6.20 Å². The monoisotopic (exact) mass is 193 g/mol. The first-order valence-corrected chi connectivity index (χ1v) is 3.87. The van der Waals surface area contributed by atoms with E-state index in [2.05, 4.69) is 19.9 Å². The minimum Gasteiger partial charge on any atom is -0.465 e. The molecule has 0 fully saturated rings. The highest BCUT2D eigenvalue weighted by Gasteiger charge is 2.13. The van der Waals surface area contributed by atoms with Crippen LogP contribution in [0.3, 0.4) is 0 Å². The lowest BCUT2D eigenvalue weighted by Crippen LogP contribution is -2.16. The lowest BCUT2D eigenvalue weighted by Gasteiger charge is -1.97. The van der Waals surface area contributed by atoms with Crippen molar-refractivity contribution in [2.45, 2.75) is 0 Å². The number of nitrogens with one attached hydrogen (secondary N) is 2. The summed E-state index contributed by atoms with van der Waals surface area (Å²) in [5.41, 5.74) is 0.0726. The summed E-state index contributed by atoms with van der Waals surface area (Å²) in [7, 11) is 1.22. The second-order valence-corrected chi connectivity index (χ2v) is 2.68. The molecule has 2 rings (SSSR count). The van der Waals surface area contributed by atoms with Gasteiger partial charge in [-0.1, -0.05) is 0 Å². The molecule has 2 aromatic rings. The quantitative estimate of drug-likeness (QED) is 0.626. The van der Waals surface area contributed by atoms with Gasteiger partial charge in [0.25, 0.3) is 0 Å². The zero-order chi connectivity index (χ0) is 10.1. The first-order chi connectivity index (χ1) is 6.74. The Morgan fingerprint density at radius 1 is 1.57 bits per heavy atom. The molecular formula is C8H7N3O3. The summed E-state index contributed by atoms with van der Waals surface area (Å²) in [5.74, 6) is -0.658. The molecule has 0 aliphatic heterocycles. The molecule has 2 aromatic heterocycles. The highest BCUT2D eigenvalue weighted by Crippen LogP contribution is 2.03. The van der Waals surface area contributed by atoms with Crippen LogP contribution in [0.25, 0.3) is 11.0 Å². The van der Waals surface area contributed by atoms with Crippen LogP contribution in [0.2, 0.25) is 0 Å². The van der Waals surface area contributed by atoms with Gasteiger partial charge in [-0.15, -0.1) is 0 Å². The predicted molar refractivity (Wildman–Crippen MR) is 48.1 cm³/mol. The highest BCUT2D eigenvalue weighted by atomic mass is 16.5. The third-order valence-electron chi connectivity index (χ3n) is 1.89. The zero-order valence-corrected chi connectivity index (χ0v) is 7.33. The van der Waals surface area contributed by atoms with Crippen LogP contribution in [-0.2, 0) is 4.74 Å². The fourth-order valence-electron chi connectivity index (χ4n) is 1.18. The summed E-state index contributed by atoms with van der Waals surface area (Å²) in [6.45, 7) is 0. The lowest BCUT2D eigenvalue weighted by molar-refractivity contribution is 0.0599. The fraction of sp³-hybridized carbons (Fsp3) is 0.125. The number of rotatable bonds is 1. The summed E-state index contributed by atoms with van der Waals surface area (Å²) in [4.78, 5) is 25.5. The maximum atomic E-state index is 11.6. The summed E-state index contributed by atoms with van der Waals surface area (Å²) in [5, 5.41) is 6.61. The molecule has 0 aliphatic rings. The maximum Gasteiger partial charge on any atom is 0.343 e. The molecular weight excluding hydrogens is 186 g/mol. The Morgan fingerprint density at radius 2 is 2.36 bits per heavy atom. The largest absolute Gasteiger partial charge is 0.465 e. The van der Waals surface area contributed by atoms with Crippen molar-refractivity contribution in [1.29, 1.82) is 0 Å². The zero-order valence-electron chi connectivity index (χ0n) is 7.33. The van der Waals surface area contributed by atoms with E-state index in [9.17, 15) is 9.59 Å². The fourth-order valence-corrected chi connectivity index (χ4v) is 1.18. The highest BCUT2D eigenvalue weighted by molar-refractivity contribution is 5.92. The van der Waals surface area contributed by atoms with Gasteiger partial charge in [-0.05, 0) is 0 Å². The summed E-state index contributed by atoms with van der Waals surface area (Å²) >= 11 is 0. The number of carbonyl (C=O) groups excluding carboxylic acids is 1. The van der Waals surface area contributed by atoms with Gasteiger partial charge in [-0.2, -0.15) is 5.10 Å². The van der Waals surface area contributed by atoms with Crippen LogP contribution < -0.4 is 5.43 Å². The number of pyridine rings is 1. The van der Waals surface area contributed by atoms with Crippen molar-refractivity contribution >= 4 is 17.0 Å². The summed E-state index contributed by atoms with van der Waals surface area (Å²) < 4.78 is 4.45. The third-order valence-corrected chi connectivity index (χ3v) is 1.89. The first-order valence-electron chi connectivity index (χ1n) is 3.87. The SMILES string of the molecule is COC(=O)c1c[nH]c2[nH]ncc2c1=O. The minimum atomic E-state index is -0.658. The molecule has 0 atom stereocenters. The second-order valence-electron chi connectivity index (χ2n) is 2.68. The standard InChI is InChI=1S/C8H7N3O3/c1-14-8(13)5-2-9-7-4(6(5)12)3-10-11-7/h2-3H,1H3,(H2,9,10,11,12). The molecule has 0 saturated carbocycles. The molecule has 72 valence electrons. The molecule has 2 heterocycles. The van der Waals surface area contributed by atoms with Gasteiger partial charge in [-0.25, -0.2) is 4.79 Å². The Bertz CT molecular complexity index is 540. The Balaban J connectivity index is 2.74. The van der Waals surface area contributed by atoms with Gasteiger partial charge < -0.3 is 9.72 Å². The van der Waals surface area contributed by atoms with E-state index in [4.69, 9.17) is 0 Å². The van der Waals surface area contributed by atoms with Gasteiger partial charge in [0.2, 0.25) is 5.43 Å². The molecule has 6 heteroatoms. The van der Waals surface area contributed by atoms with E-state index < -0.39 is 5.97 Å². The molecule has 0 unspecified atom stereocenters. The Hall–Kier alpha value is -2.11. The number of esters is 1. The molecule has 0 spiro atoms. The van der Waals surface area contributed by atoms with E-state index in [1.165, 1.54) is 19.5 Å². The molecule has 6 nitrogen and oxygen atoms in total. The lowest BCUT2D eigenvalue weighted by atomic mass is 10.2. The molecule has 0 amide bonds. The average molecular weight is 193 g/mol. The smallest absolute Gasteiger partial charge is 0.343 e. The number of nitrogens with zero attached hydrogens (tertiary/aromatic N) is 1. The Morgan fingerprint density at radius 3 is 3.07 bits per heavy atom. The number of fused-ring (bicyclic) bond motifs is 1. The van der Waals surface area contributed by atoms with Crippen molar-refractivity contribution in [3.8, 4) is 0 Å². The normalized spacial score (nSPS) is 10.4. The summed E-state index contributed by atoms with van der Waals surface area (Å²) in [6, 6.07) is 0. The van der Waals surface area contributed by atoms with Crippen molar-refractivity contribution in [3.63, 3.8) is 0 Å². The van der Waals surface area contributed by atoms with Crippen molar-refractivity contribution in [2.75, 3.05) is 7.11 Å². The number of hydrogen-bond acceptors (Lipinski definition) is 4. The van der Waals surface area contributed by atoms with Crippen molar-refractivity contribution < 1.29 is 9.53 Å². The van der Waals surface area contributed by atoms with Crippen molar-refractivity contribution in [2.24, 2.45) is 0 Å². The Labute approximate surface area is 77.9 Å². The Kier molecular flexibility index (Phi) is 1.81. The van der Waals surface area contributed by atoms with E-state index >= 15 is 0 Å². The van der Waals surface area contributed by atoms with Crippen LogP contribution in [0.5, 0.6) is 0 Å². The number of carbonyl (C=O) groups is 1. The average Bonchev–Trinajstić information content (AvgIpc) is 2.66. The number of methoxy groups -OCH3 is 1. The van der Waals surface area contributed by atoms with E-state index in [-0.39, 0.29) is 11.0 Å². The van der Waals surface area contributed by atoms with E-state index in [1.807, 2.05) is 0 Å².